The summed E-state index contributed by atoms with van der Waals surface area (Å²) in [7, 11) is 2.08. The number of ketones is 1. The number of ether oxygens (including phenoxy) is 1. The molecule has 2 aromatic rings. The first-order valence-electron chi connectivity index (χ1n) is 14.8. The first kappa shape index (κ1) is 26.2. The lowest BCUT2D eigenvalue weighted by atomic mass is 9.64. The molecule has 214 valence electrons. The Bertz CT molecular complexity index is 1440. The van der Waals surface area contributed by atoms with E-state index in [0.717, 1.165) is 18.4 Å². The molecule has 0 bridgehead atoms. The van der Waals surface area contributed by atoms with Crippen molar-refractivity contribution in [2.24, 2.45) is 23.7 Å². The Hall–Kier alpha value is -2.75. The molecule has 8 atom stereocenters. The number of hydrogen-bond donors (Lipinski definition) is 3. The van der Waals surface area contributed by atoms with Crippen molar-refractivity contribution in [1.82, 2.24) is 20.1 Å². The average molecular weight is 549 g/mol. The maximum Gasteiger partial charge on any atom is 0.226 e. The number of likely N-dealkylation sites (N-methyl/N-ethyl adjacent to an activating group) is 1. The first-order valence-corrected chi connectivity index (χ1v) is 14.8. The number of piperidine rings is 2. The van der Waals surface area contributed by atoms with E-state index in [0.29, 0.717) is 25.9 Å². The summed E-state index contributed by atoms with van der Waals surface area (Å²) in [5.74, 6) is -4.97. The molecule has 4 aliphatic heterocycles. The van der Waals surface area contributed by atoms with Crippen LogP contribution in [0.25, 0.3) is 10.9 Å². The molecule has 2 amide bonds. The Kier molecular flexibility index (Phi) is 5.49. The molecule has 0 spiro atoms. The Morgan fingerprint density at radius 1 is 1.27 bits per heavy atom. The van der Waals surface area contributed by atoms with Crippen LogP contribution < -0.4 is 5.32 Å². The van der Waals surface area contributed by atoms with E-state index < -0.39 is 35.3 Å². The molecule has 1 aliphatic carbocycles. The second-order valence-electron chi connectivity index (χ2n) is 13.5. The third-order valence-corrected chi connectivity index (χ3v) is 11.2. The van der Waals surface area contributed by atoms with Crippen molar-refractivity contribution in [3.63, 3.8) is 0 Å². The quantitative estimate of drug-likeness (QED) is 0.543. The first-order chi connectivity index (χ1) is 18.9. The van der Waals surface area contributed by atoms with Gasteiger partial charge in [-0.2, -0.15) is 0 Å². The van der Waals surface area contributed by atoms with Gasteiger partial charge < -0.3 is 25.0 Å². The molecule has 5 heterocycles. The van der Waals surface area contributed by atoms with Crippen LogP contribution in [-0.4, -0.2) is 80.7 Å². The molecule has 4 saturated heterocycles. The maximum atomic E-state index is 14.2. The second kappa shape index (κ2) is 8.39. The number of hydrogen-bond acceptors (Lipinski definition) is 6. The highest BCUT2D eigenvalue weighted by molar-refractivity contribution is 6.00. The molecule has 1 aromatic carbocycles. The van der Waals surface area contributed by atoms with Gasteiger partial charge in [0.2, 0.25) is 17.5 Å². The van der Waals surface area contributed by atoms with Gasteiger partial charge in [0.15, 0.2) is 11.6 Å². The molecule has 4 fully saturated rings. The summed E-state index contributed by atoms with van der Waals surface area (Å²) in [5.41, 5.74) is 1.86. The van der Waals surface area contributed by atoms with Gasteiger partial charge in [-0.25, -0.2) is 0 Å². The van der Waals surface area contributed by atoms with Crippen molar-refractivity contribution in [3.05, 3.63) is 35.5 Å². The van der Waals surface area contributed by atoms with Crippen molar-refractivity contribution in [1.29, 1.82) is 0 Å². The highest BCUT2D eigenvalue weighted by Gasteiger charge is 2.72. The summed E-state index contributed by atoms with van der Waals surface area (Å²) in [6.07, 6.45) is 4.98. The average Bonchev–Trinajstić information content (AvgIpc) is 3.61. The summed E-state index contributed by atoms with van der Waals surface area (Å²) in [5, 5.41) is 16.2. The van der Waals surface area contributed by atoms with E-state index in [1.54, 1.807) is 11.8 Å². The number of nitrogens with one attached hydrogen (secondary N) is 2. The van der Waals surface area contributed by atoms with E-state index in [2.05, 4.69) is 53.6 Å². The number of rotatable bonds is 3. The van der Waals surface area contributed by atoms with Crippen LogP contribution in [0, 0.1) is 23.7 Å². The monoisotopic (exact) mass is 548 g/mol. The number of aromatic nitrogens is 1. The lowest BCUT2D eigenvalue weighted by molar-refractivity contribution is -0.289. The number of fused-ring (bicyclic) bond motifs is 5. The largest absolute Gasteiger partial charge is 0.363 e. The molecule has 0 saturated carbocycles. The van der Waals surface area contributed by atoms with Gasteiger partial charge in [-0.15, -0.1) is 0 Å². The summed E-state index contributed by atoms with van der Waals surface area (Å²) in [4.78, 5) is 48.8. The zero-order valence-corrected chi connectivity index (χ0v) is 24.0. The highest BCUT2D eigenvalue weighted by atomic mass is 16.7. The molecular formula is C31H40N4O5. The molecule has 3 N–H and O–H groups in total. The number of carbonyl (C=O) groups is 3. The Balaban J connectivity index is 1.21. The lowest BCUT2D eigenvalue weighted by Gasteiger charge is -2.53. The molecule has 0 radical (unpaired) electrons. The maximum absolute atomic E-state index is 14.2. The highest BCUT2D eigenvalue weighted by Crippen LogP contribution is 2.53. The van der Waals surface area contributed by atoms with Gasteiger partial charge in [-0.05, 0) is 56.8 Å². The number of Topliss-reactive ketones (excluding diaryl/α,β-unsaturated/α-hetero) is 1. The summed E-state index contributed by atoms with van der Waals surface area (Å²) < 4.78 is 6.41. The zero-order valence-electron chi connectivity index (χ0n) is 24.0. The summed E-state index contributed by atoms with van der Waals surface area (Å²) in [6.45, 7) is 8.74. The van der Waals surface area contributed by atoms with Gasteiger partial charge in [-0.1, -0.05) is 32.9 Å². The third-order valence-electron chi connectivity index (χ3n) is 11.2. The molecule has 40 heavy (non-hydrogen) atoms. The standard InChI is InChI=1S/C31H40N4O5/c1-16(2)30(26(36)25-17(3)28(38)35-11-7-10-23(35)31(25,39)40-30)33-27(37)18-12-21-20-8-6-9-22-24(20)19(14-32-22)13-29(21,4)34(5)15-18/h6,8-9,14,16-18,21,23,25,32,39H,7,10-13,15H2,1-5H3,(H,33,37)/t17-,18?,21?,23?,25?,29?,30-,31+/m1/s1. The Labute approximate surface area is 234 Å². The molecule has 9 heteroatoms. The van der Waals surface area contributed by atoms with E-state index >= 15 is 0 Å². The van der Waals surface area contributed by atoms with Crippen molar-refractivity contribution >= 4 is 28.5 Å². The number of aliphatic hydroxyl groups is 1. The molecule has 7 rings (SSSR count). The van der Waals surface area contributed by atoms with Crippen LogP contribution in [-0.2, 0) is 25.5 Å². The molecule has 9 nitrogen and oxygen atoms in total. The normalized spacial score (nSPS) is 40.9. The number of nitrogens with zero attached hydrogens (tertiary/aromatic N) is 2. The molecule has 5 aliphatic rings. The van der Waals surface area contributed by atoms with Crippen LogP contribution >= 0.6 is 0 Å². The van der Waals surface area contributed by atoms with Gasteiger partial charge in [0.05, 0.1) is 23.8 Å². The number of aromatic amines is 1. The fourth-order valence-corrected chi connectivity index (χ4v) is 8.86. The fourth-order valence-electron chi connectivity index (χ4n) is 8.86. The molecule has 5 unspecified atom stereocenters. The number of carbonyl (C=O) groups excluding carboxylic acids is 3. The molecule has 1 aromatic heterocycles. The van der Waals surface area contributed by atoms with E-state index in [-0.39, 0.29) is 35.0 Å². The summed E-state index contributed by atoms with van der Waals surface area (Å²) >= 11 is 0. The van der Waals surface area contributed by atoms with Crippen molar-refractivity contribution < 1.29 is 24.2 Å². The van der Waals surface area contributed by atoms with E-state index in [1.807, 2.05) is 13.8 Å². The number of likely N-dealkylation sites (tertiary alicyclic amines) is 1. The predicted octanol–water partition coefficient (Wildman–Crippen LogP) is 2.53. The predicted molar refractivity (Wildman–Crippen MR) is 148 cm³/mol. The van der Waals surface area contributed by atoms with E-state index in [1.165, 1.54) is 16.5 Å². The van der Waals surface area contributed by atoms with Crippen LogP contribution in [0.15, 0.2) is 24.4 Å². The van der Waals surface area contributed by atoms with E-state index in [9.17, 15) is 19.5 Å². The number of amides is 2. The lowest BCUT2D eigenvalue weighted by Crippen LogP contribution is -2.64. The van der Waals surface area contributed by atoms with Gasteiger partial charge in [-0.3, -0.25) is 19.3 Å². The zero-order chi connectivity index (χ0) is 28.4. The fraction of sp³-hybridized carbons (Fsp3) is 0.645. The number of benzene rings is 1. The minimum absolute atomic E-state index is 0.121. The summed E-state index contributed by atoms with van der Waals surface area (Å²) in [6, 6.07) is 5.77. The molecular weight excluding hydrogens is 508 g/mol. The Morgan fingerprint density at radius 2 is 2.05 bits per heavy atom. The topological polar surface area (TPSA) is 115 Å². The SMILES string of the molecule is CC(C)[C@@]1(NC(=O)C2CC3c4cccc5[nH]cc(c45)CC3(C)N(C)C2)O[C@]2(O)C(C1=O)[C@@H](C)C(=O)N1CCCC12. The third kappa shape index (κ3) is 3.17. The van der Waals surface area contributed by atoms with Crippen LogP contribution in [0.3, 0.4) is 0 Å². The van der Waals surface area contributed by atoms with Crippen LogP contribution in [0.1, 0.15) is 64.0 Å². The van der Waals surface area contributed by atoms with Gasteiger partial charge in [0.25, 0.3) is 0 Å². The minimum Gasteiger partial charge on any atom is -0.363 e. The number of H-pyrrole nitrogens is 1. The van der Waals surface area contributed by atoms with Crippen LogP contribution in [0.2, 0.25) is 0 Å². The van der Waals surface area contributed by atoms with Crippen LogP contribution in [0.5, 0.6) is 0 Å². The second-order valence-corrected chi connectivity index (χ2v) is 13.5. The smallest absolute Gasteiger partial charge is 0.226 e. The van der Waals surface area contributed by atoms with Crippen molar-refractivity contribution in [3.8, 4) is 0 Å². The van der Waals surface area contributed by atoms with Gasteiger partial charge in [0, 0.05) is 47.6 Å². The van der Waals surface area contributed by atoms with Gasteiger partial charge in [0.1, 0.15) is 0 Å². The van der Waals surface area contributed by atoms with Gasteiger partial charge >= 0.3 is 0 Å². The van der Waals surface area contributed by atoms with Crippen LogP contribution in [0.4, 0.5) is 0 Å². The Morgan fingerprint density at radius 3 is 2.80 bits per heavy atom. The van der Waals surface area contributed by atoms with Crippen molar-refractivity contribution in [2.75, 3.05) is 20.1 Å². The van der Waals surface area contributed by atoms with E-state index in [4.69, 9.17) is 4.74 Å². The van der Waals surface area contributed by atoms with Crippen molar-refractivity contribution in [2.45, 2.75) is 82.4 Å². The minimum atomic E-state index is -1.82.